The lowest BCUT2D eigenvalue weighted by Gasteiger charge is -2.31. The normalized spacial score (nSPS) is 16.4. The van der Waals surface area contributed by atoms with Crippen LogP contribution in [0.5, 0.6) is 0 Å². The third-order valence-electron chi connectivity index (χ3n) is 4.26. The average Bonchev–Trinajstić information content (AvgIpc) is 2.66. The van der Waals surface area contributed by atoms with Crippen LogP contribution in [0.1, 0.15) is 26.2 Å². The van der Waals surface area contributed by atoms with Gasteiger partial charge in [0.2, 0.25) is 0 Å². The van der Waals surface area contributed by atoms with E-state index in [0.717, 1.165) is 57.0 Å². The third-order valence-corrected chi connectivity index (χ3v) is 4.26. The molecular formula is C20H35N5O. The molecule has 6 heteroatoms. The molecule has 1 aliphatic heterocycles. The van der Waals surface area contributed by atoms with Gasteiger partial charge in [0.05, 0.1) is 6.10 Å². The molecule has 1 rings (SSSR count). The summed E-state index contributed by atoms with van der Waals surface area (Å²) in [5.41, 5.74) is 2.11. The molecular weight excluding hydrogens is 326 g/mol. The standard InChI is InChI=1S/C20H35N5O/c1-6-21-11-10-20(23-12-9-19(4)26-5)24-17(2)7-8-18(3)25-15-13-22-14-16-25/h6,10-11,19,21-22H,1-3,7-9,12-16H2,4-5H3,(H,23,24)/b11-10-. The minimum absolute atomic E-state index is 0.195. The number of hydrogen-bond donors (Lipinski definition) is 3. The summed E-state index contributed by atoms with van der Waals surface area (Å²) in [4.78, 5) is 6.95. The highest BCUT2D eigenvalue weighted by atomic mass is 16.5. The summed E-state index contributed by atoms with van der Waals surface area (Å²) in [6.07, 6.45) is 8.10. The summed E-state index contributed by atoms with van der Waals surface area (Å²) in [5.74, 6) is 0.778. The van der Waals surface area contributed by atoms with E-state index in [1.165, 1.54) is 5.70 Å². The number of piperazine rings is 1. The lowest BCUT2D eigenvalue weighted by Crippen LogP contribution is -2.42. The van der Waals surface area contributed by atoms with Gasteiger partial charge in [0.15, 0.2) is 0 Å². The van der Waals surface area contributed by atoms with E-state index in [2.05, 4.69) is 45.6 Å². The monoisotopic (exact) mass is 361 g/mol. The first-order chi connectivity index (χ1) is 12.6. The van der Waals surface area contributed by atoms with Crippen LogP contribution >= 0.6 is 0 Å². The molecule has 0 aromatic carbocycles. The zero-order valence-corrected chi connectivity index (χ0v) is 16.4. The van der Waals surface area contributed by atoms with Gasteiger partial charge in [-0.2, -0.15) is 0 Å². The topological polar surface area (TPSA) is 60.9 Å². The van der Waals surface area contributed by atoms with E-state index in [1.54, 1.807) is 19.5 Å². The molecule has 3 N–H and O–H groups in total. The minimum atomic E-state index is 0.195. The zero-order chi connectivity index (χ0) is 19.2. The molecule has 0 amide bonds. The van der Waals surface area contributed by atoms with E-state index in [-0.39, 0.29) is 6.10 Å². The minimum Gasteiger partial charge on any atom is -0.382 e. The Morgan fingerprint density at radius 3 is 2.69 bits per heavy atom. The van der Waals surface area contributed by atoms with Gasteiger partial charge in [-0.25, -0.2) is 0 Å². The summed E-state index contributed by atoms with van der Waals surface area (Å²) >= 11 is 0. The van der Waals surface area contributed by atoms with Crippen LogP contribution in [-0.2, 0) is 4.74 Å². The molecule has 6 nitrogen and oxygen atoms in total. The molecule has 146 valence electrons. The molecule has 1 atom stereocenters. The maximum Gasteiger partial charge on any atom is 0.126 e. The van der Waals surface area contributed by atoms with Gasteiger partial charge in [-0.05, 0) is 38.5 Å². The Hall–Kier alpha value is -2.05. The zero-order valence-electron chi connectivity index (χ0n) is 16.4. The second-order valence-corrected chi connectivity index (χ2v) is 6.34. The van der Waals surface area contributed by atoms with Gasteiger partial charge >= 0.3 is 0 Å². The summed E-state index contributed by atoms with van der Waals surface area (Å²) < 4.78 is 5.26. The van der Waals surface area contributed by atoms with Crippen molar-refractivity contribution in [2.75, 3.05) is 39.8 Å². The molecule has 0 radical (unpaired) electrons. The number of hydrogen-bond acceptors (Lipinski definition) is 5. The van der Waals surface area contributed by atoms with Crippen molar-refractivity contribution in [3.8, 4) is 0 Å². The van der Waals surface area contributed by atoms with E-state index in [9.17, 15) is 0 Å². The van der Waals surface area contributed by atoms with Crippen molar-refractivity contribution < 1.29 is 4.74 Å². The van der Waals surface area contributed by atoms with Gasteiger partial charge in [-0.15, -0.1) is 0 Å². The van der Waals surface area contributed by atoms with Crippen molar-refractivity contribution in [3.63, 3.8) is 0 Å². The summed E-state index contributed by atoms with van der Waals surface area (Å²) in [6.45, 7) is 18.8. The summed E-state index contributed by atoms with van der Waals surface area (Å²) in [6, 6.07) is 0. The maximum absolute atomic E-state index is 5.26. The maximum atomic E-state index is 5.26. The molecule has 1 saturated heterocycles. The first-order valence-corrected chi connectivity index (χ1v) is 9.25. The number of nitrogens with zero attached hydrogens (tertiary/aromatic N) is 2. The summed E-state index contributed by atoms with van der Waals surface area (Å²) in [5, 5.41) is 9.60. The number of rotatable bonds is 12. The highest BCUT2D eigenvalue weighted by molar-refractivity contribution is 5.94. The molecule has 1 unspecified atom stereocenters. The fraction of sp³-hybridized carbons (Fsp3) is 0.550. The van der Waals surface area contributed by atoms with Crippen molar-refractivity contribution in [3.05, 3.63) is 49.6 Å². The highest BCUT2D eigenvalue weighted by Crippen LogP contribution is 2.12. The molecule has 0 aromatic heterocycles. The Balaban J connectivity index is 2.47. The number of aliphatic imine (C=N–C) groups is 1. The molecule has 0 aromatic rings. The van der Waals surface area contributed by atoms with E-state index in [0.29, 0.717) is 6.54 Å². The Labute approximate surface area is 158 Å². The smallest absolute Gasteiger partial charge is 0.126 e. The third kappa shape index (κ3) is 9.44. The van der Waals surface area contributed by atoms with E-state index < -0.39 is 0 Å². The van der Waals surface area contributed by atoms with Crippen molar-refractivity contribution in [2.45, 2.75) is 32.3 Å². The Morgan fingerprint density at radius 1 is 1.31 bits per heavy atom. The Kier molecular flexibility index (Phi) is 11.2. The molecule has 1 heterocycles. The molecule has 1 fully saturated rings. The molecule has 0 saturated carbocycles. The van der Waals surface area contributed by atoms with Crippen molar-refractivity contribution >= 4 is 5.84 Å². The van der Waals surface area contributed by atoms with Crippen molar-refractivity contribution in [1.82, 2.24) is 20.9 Å². The van der Waals surface area contributed by atoms with E-state index >= 15 is 0 Å². The van der Waals surface area contributed by atoms with Gasteiger partial charge in [-0.1, -0.05) is 19.7 Å². The van der Waals surface area contributed by atoms with Crippen LogP contribution in [0.4, 0.5) is 0 Å². The molecule has 0 aliphatic carbocycles. The Bertz CT molecular complexity index is 506. The fourth-order valence-electron chi connectivity index (χ4n) is 2.49. The van der Waals surface area contributed by atoms with E-state index in [1.807, 2.05) is 13.0 Å². The van der Waals surface area contributed by atoms with Crippen LogP contribution in [0.25, 0.3) is 0 Å². The number of allylic oxidation sites excluding steroid dienone is 2. The van der Waals surface area contributed by atoms with Crippen molar-refractivity contribution in [1.29, 1.82) is 0 Å². The number of methoxy groups -OCH3 is 1. The van der Waals surface area contributed by atoms with Crippen LogP contribution < -0.4 is 16.0 Å². The van der Waals surface area contributed by atoms with Gasteiger partial charge in [0.1, 0.15) is 5.84 Å². The number of amidine groups is 1. The molecule has 26 heavy (non-hydrogen) atoms. The number of ether oxygens (including phenoxy) is 1. The quantitative estimate of drug-likeness (QED) is 0.368. The lowest BCUT2D eigenvalue weighted by molar-refractivity contribution is 0.113. The van der Waals surface area contributed by atoms with Crippen LogP contribution in [0.3, 0.4) is 0 Å². The summed E-state index contributed by atoms with van der Waals surface area (Å²) in [7, 11) is 1.72. The molecule has 0 spiro atoms. The van der Waals surface area contributed by atoms with Crippen LogP contribution in [0.15, 0.2) is 54.6 Å². The predicted molar refractivity (Wildman–Crippen MR) is 111 cm³/mol. The highest BCUT2D eigenvalue weighted by Gasteiger charge is 2.11. The van der Waals surface area contributed by atoms with Gasteiger partial charge in [-0.3, -0.25) is 4.99 Å². The SMILES string of the molecule is C=CN/C=C\C(=N/CCC(C)OC)NC(=C)CCC(=C)N1CCNCC1. The fourth-order valence-corrected chi connectivity index (χ4v) is 2.49. The number of nitrogens with one attached hydrogen (secondary N) is 3. The molecule has 1 aliphatic rings. The van der Waals surface area contributed by atoms with Crippen molar-refractivity contribution in [2.24, 2.45) is 4.99 Å². The van der Waals surface area contributed by atoms with Crippen LogP contribution in [0.2, 0.25) is 0 Å². The second-order valence-electron chi connectivity index (χ2n) is 6.34. The van der Waals surface area contributed by atoms with Gasteiger partial charge in [0.25, 0.3) is 0 Å². The Morgan fingerprint density at radius 2 is 2.04 bits per heavy atom. The lowest BCUT2D eigenvalue weighted by atomic mass is 10.2. The van der Waals surface area contributed by atoms with Gasteiger partial charge < -0.3 is 25.6 Å². The van der Waals surface area contributed by atoms with E-state index in [4.69, 9.17) is 4.74 Å². The predicted octanol–water partition coefficient (Wildman–Crippen LogP) is 2.36. The largest absolute Gasteiger partial charge is 0.382 e. The van der Waals surface area contributed by atoms with Gasteiger partial charge in [0, 0.05) is 57.4 Å². The first kappa shape index (κ1) is 22.0. The van der Waals surface area contributed by atoms with Crippen LogP contribution in [0, 0.1) is 0 Å². The average molecular weight is 362 g/mol. The second kappa shape index (κ2) is 13.2. The van der Waals surface area contributed by atoms with Crippen LogP contribution in [-0.4, -0.2) is 56.7 Å². The molecule has 0 bridgehead atoms. The first-order valence-electron chi connectivity index (χ1n) is 9.25.